The summed E-state index contributed by atoms with van der Waals surface area (Å²) in [4.78, 5) is 37.7. The molecule has 0 saturated carbocycles. The maximum atomic E-state index is 12.4. The molecule has 1 saturated heterocycles. The molecular weight excluding hydrogens is 360 g/mol. The van der Waals surface area contributed by atoms with Crippen LogP contribution in [0, 0.1) is 0 Å². The minimum Gasteiger partial charge on any atom is -0.434 e. The average molecular weight is 388 g/mol. The van der Waals surface area contributed by atoms with Gasteiger partial charge in [0.1, 0.15) is 5.75 Å². The molecule has 152 valence electrons. The molecule has 2 rings (SSSR count). The summed E-state index contributed by atoms with van der Waals surface area (Å²) >= 11 is 0. The van der Waals surface area contributed by atoms with E-state index in [0.29, 0.717) is 24.4 Å². The molecule has 2 amide bonds. The minimum atomic E-state index is -0.773. The van der Waals surface area contributed by atoms with Crippen LogP contribution < -0.4 is 10.1 Å². The van der Waals surface area contributed by atoms with Crippen LogP contribution in [0.1, 0.15) is 50.4 Å². The monoisotopic (exact) mass is 388 g/mol. The smallest absolute Gasteiger partial charge is 0.434 e. The molecule has 7 heteroatoms. The van der Waals surface area contributed by atoms with Crippen molar-refractivity contribution in [2.75, 3.05) is 19.7 Å². The summed E-state index contributed by atoms with van der Waals surface area (Å²) in [6.07, 6.45) is 3.23. The number of hydrogen-bond donors (Lipinski definition) is 1. The number of amides is 2. The lowest BCUT2D eigenvalue weighted by Gasteiger charge is -2.32. The highest BCUT2D eigenvalue weighted by atomic mass is 16.7. The fraction of sp³-hybridized carbons (Fsp3) is 0.476. The van der Waals surface area contributed by atoms with Gasteiger partial charge < -0.3 is 19.7 Å². The minimum absolute atomic E-state index is 0.0308. The summed E-state index contributed by atoms with van der Waals surface area (Å²) in [6.45, 7) is 7.16. The molecule has 0 aliphatic carbocycles. The van der Waals surface area contributed by atoms with Crippen LogP contribution in [-0.4, -0.2) is 48.6 Å². The number of allylic oxidation sites excluding steroid dienone is 1. The van der Waals surface area contributed by atoms with Gasteiger partial charge >= 0.3 is 6.16 Å². The molecule has 1 aliphatic heterocycles. The highest BCUT2D eigenvalue weighted by Crippen LogP contribution is 2.15. The van der Waals surface area contributed by atoms with Crippen molar-refractivity contribution in [2.45, 2.75) is 46.1 Å². The number of ether oxygens (including phenoxy) is 2. The molecule has 1 aromatic rings. The van der Waals surface area contributed by atoms with Crippen molar-refractivity contribution in [2.24, 2.45) is 0 Å². The van der Waals surface area contributed by atoms with E-state index in [1.807, 2.05) is 18.7 Å². The lowest BCUT2D eigenvalue weighted by atomic mass is 10.0. The number of benzene rings is 1. The molecule has 0 atom stereocenters. The van der Waals surface area contributed by atoms with Gasteiger partial charge in [-0.3, -0.25) is 9.59 Å². The fourth-order valence-electron chi connectivity index (χ4n) is 2.83. The quantitative estimate of drug-likeness (QED) is 0.459. The van der Waals surface area contributed by atoms with Crippen molar-refractivity contribution in [1.82, 2.24) is 10.2 Å². The highest BCUT2D eigenvalue weighted by Gasteiger charge is 2.23. The highest BCUT2D eigenvalue weighted by molar-refractivity contribution is 5.94. The Hall–Kier alpha value is -2.83. The van der Waals surface area contributed by atoms with Crippen molar-refractivity contribution in [1.29, 1.82) is 0 Å². The number of nitrogens with zero attached hydrogens (tertiary/aromatic N) is 1. The topological polar surface area (TPSA) is 84.9 Å². The van der Waals surface area contributed by atoms with E-state index in [4.69, 9.17) is 9.47 Å². The Morgan fingerprint density at radius 3 is 2.36 bits per heavy atom. The molecule has 1 fully saturated rings. The zero-order valence-electron chi connectivity index (χ0n) is 16.7. The van der Waals surface area contributed by atoms with E-state index < -0.39 is 6.16 Å². The maximum absolute atomic E-state index is 12.4. The number of carbonyl (C=O) groups is 3. The van der Waals surface area contributed by atoms with Gasteiger partial charge in [0, 0.05) is 30.8 Å². The third kappa shape index (κ3) is 6.40. The second kappa shape index (κ2) is 10.5. The van der Waals surface area contributed by atoms with Gasteiger partial charge in [-0.2, -0.15) is 0 Å². The summed E-state index contributed by atoms with van der Waals surface area (Å²) in [5.74, 6) is 0.174. The number of carbonyl (C=O) groups excluding carboxylic acids is 3. The maximum Gasteiger partial charge on any atom is 0.513 e. The molecule has 0 spiro atoms. The van der Waals surface area contributed by atoms with Crippen LogP contribution in [0.15, 0.2) is 35.9 Å². The molecule has 28 heavy (non-hydrogen) atoms. The van der Waals surface area contributed by atoms with Crippen molar-refractivity contribution >= 4 is 18.0 Å². The molecule has 0 unspecified atom stereocenters. The van der Waals surface area contributed by atoms with Crippen LogP contribution in [-0.2, 0) is 9.53 Å². The van der Waals surface area contributed by atoms with Gasteiger partial charge in [-0.05, 0) is 57.4 Å². The zero-order chi connectivity index (χ0) is 20.5. The zero-order valence-corrected chi connectivity index (χ0v) is 16.7. The number of likely N-dealkylation sites (tertiary alicyclic amines) is 1. The lowest BCUT2D eigenvalue weighted by Crippen LogP contribution is -2.46. The Balaban J connectivity index is 1.82. The fourth-order valence-corrected chi connectivity index (χ4v) is 2.83. The van der Waals surface area contributed by atoms with E-state index in [2.05, 4.69) is 5.32 Å². The first kappa shape index (κ1) is 21.5. The van der Waals surface area contributed by atoms with Crippen molar-refractivity contribution in [3.05, 3.63) is 41.5 Å². The van der Waals surface area contributed by atoms with Gasteiger partial charge in [0.05, 0.1) is 6.61 Å². The van der Waals surface area contributed by atoms with E-state index in [9.17, 15) is 14.4 Å². The average Bonchev–Trinajstić information content (AvgIpc) is 2.69. The first-order valence-corrected chi connectivity index (χ1v) is 9.64. The van der Waals surface area contributed by atoms with Gasteiger partial charge in [0.15, 0.2) is 0 Å². The van der Waals surface area contributed by atoms with E-state index in [1.54, 1.807) is 37.3 Å². The summed E-state index contributed by atoms with van der Waals surface area (Å²) in [5.41, 5.74) is 1.55. The van der Waals surface area contributed by atoms with Gasteiger partial charge in [-0.25, -0.2) is 4.79 Å². The van der Waals surface area contributed by atoms with Crippen LogP contribution in [0.5, 0.6) is 5.75 Å². The summed E-state index contributed by atoms with van der Waals surface area (Å²) in [6, 6.07) is 6.33. The molecule has 1 heterocycles. The predicted octanol–water partition coefficient (Wildman–Crippen LogP) is 3.30. The molecule has 1 N–H and O–H groups in total. The number of piperidine rings is 1. The molecule has 0 bridgehead atoms. The Morgan fingerprint density at radius 1 is 1.14 bits per heavy atom. The van der Waals surface area contributed by atoms with Crippen molar-refractivity contribution < 1.29 is 23.9 Å². The van der Waals surface area contributed by atoms with Crippen LogP contribution >= 0.6 is 0 Å². The second-order valence-corrected chi connectivity index (χ2v) is 6.73. The Bertz CT molecular complexity index is 719. The molecule has 1 aliphatic rings. The summed E-state index contributed by atoms with van der Waals surface area (Å²) in [5, 5.41) is 3.00. The van der Waals surface area contributed by atoms with Crippen LogP contribution in [0.3, 0.4) is 0 Å². The Labute approximate surface area is 165 Å². The number of rotatable bonds is 6. The molecular formula is C21H28N2O5. The molecule has 1 aromatic carbocycles. The van der Waals surface area contributed by atoms with Crippen molar-refractivity contribution in [3.63, 3.8) is 0 Å². The predicted molar refractivity (Wildman–Crippen MR) is 105 cm³/mol. The van der Waals surface area contributed by atoms with Crippen LogP contribution in [0.4, 0.5) is 4.79 Å². The van der Waals surface area contributed by atoms with E-state index in [1.165, 1.54) is 0 Å². The Kier molecular flexibility index (Phi) is 8.04. The SMILES string of the molecule is CCOC(=O)Oc1ccc(C(=O)NC2CCN(C(=O)/C=C(\C)CC)CC2)cc1. The second-order valence-electron chi connectivity index (χ2n) is 6.73. The number of nitrogens with one attached hydrogen (secondary N) is 1. The van der Waals surface area contributed by atoms with Gasteiger partial charge in [0.25, 0.3) is 5.91 Å². The molecule has 0 aromatic heterocycles. The summed E-state index contributed by atoms with van der Waals surface area (Å²) < 4.78 is 9.68. The van der Waals surface area contributed by atoms with Gasteiger partial charge in [-0.1, -0.05) is 12.5 Å². The van der Waals surface area contributed by atoms with Crippen molar-refractivity contribution in [3.8, 4) is 5.75 Å². The lowest BCUT2D eigenvalue weighted by molar-refractivity contribution is -0.127. The third-order valence-electron chi connectivity index (χ3n) is 4.65. The normalized spacial score (nSPS) is 15.1. The van der Waals surface area contributed by atoms with Gasteiger partial charge in [-0.15, -0.1) is 0 Å². The first-order chi connectivity index (χ1) is 13.4. The van der Waals surface area contributed by atoms with Crippen LogP contribution in [0.25, 0.3) is 0 Å². The van der Waals surface area contributed by atoms with E-state index >= 15 is 0 Å². The standard InChI is InChI=1S/C21H28N2O5/c1-4-15(3)14-19(24)23-12-10-17(11-13-23)22-20(25)16-6-8-18(9-7-16)28-21(26)27-5-2/h6-9,14,17H,4-5,10-13H2,1-3H3,(H,22,25)/b15-14+. The molecule has 0 radical (unpaired) electrons. The third-order valence-corrected chi connectivity index (χ3v) is 4.65. The number of hydrogen-bond acceptors (Lipinski definition) is 5. The Morgan fingerprint density at radius 2 is 1.79 bits per heavy atom. The first-order valence-electron chi connectivity index (χ1n) is 9.64. The molecule has 7 nitrogen and oxygen atoms in total. The van der Waals surface area contributed by atoms with E-state index in [-0.39, 0.29) is 24.5 Å². The van der Waals surface area contributed by atoms with Crippen LogP contribution in [0.2, 0.25) is 0 Å². The van der Waals surface area contributed by atoms with E-state index in [0.717, 1.165) is 24.8 Å². The largest absolute Gasteiger partial charge is 0.513 e. The summed E-state index contributed by atoms with van der Waals surface area (Å²) in [7, 11) is 0. The van der Waals surface area contributed by atoms with Gasteiger partial charge in [0.2, 0.25) is 5.91 Å².